The van der Waals surface area contributed by atoms with Crippen LogP contribution < -0.4 is 5.32 Å². The molecule has 0 saturated carbocycles. The SMILES string of the molecule is CNc1nc(C2CCCCN2C(=O)c2ccncc2)c2sccn12. The molecule has 1 aliphatic heterocycles. The number of rotatable bonds is 3. The second-order valence-corrected chi connectivity index (χ2v) is 6.79. The number of hydrogen-bond acceptors (Lipinski definition) is 5. The van der Waals surface area contributed by atoms with Gasteiger partial charge in [-0.05, 0) is 31.4 Å². The molecule has 0 aromatic carbocycles. The Labute approximate surface area is 144 Å². The number of hydrogen-bond donors (Lipinski definition) is 1. The van der Waals surface area contributed by atoms with Gasteiger partial charge in [-0.15, -0.1) is 11.3 Å². The molecule has 6 nitrogen and oxygen atoms in total. The van der Waals surface area contributed by atoms with E-state index in [-0.39, 0.29) is 11.9 Å². The second-order valence-electron chi connectivity index (χ2n) is 5.89. The molecule has 1 unspecified atom stereocenters. The fourth-order valence-electron chi connectivity index (χ4n) is 3.36. The molecule has 4 rings (SSSR count). The van der Waals surface area contributed by atoms with E-state index in [9.17, 15) is 4.79 Å². The lowest BCUT2D eigenvalue weighted by atomic mass is 9.98. The number of fused-ring (bicyclic) bond motifs is 1. The van der Waals surface area contributed by atoms with Crippen molar-refractivity contribution in [2.75, 3.05) is 18.9 Å². The van der Waals surface area contributed by atoms with Crippen LogP contribution in [0.15, 0.2) is 36.1 Å². The maximum Gasteiger partial charge on any atom is 0.254 e. The summed E-state index contributed by atoms with van der Waals surface area (Å²) in [6.07, 6.45) is 8.45. The van der Waals surface area contributed by atoms with Crippen LogP contribution in [0.5, 0.6) is 0 Å². The molecule has 3 aromatic rings. The first-order valence-electron chi connectivity index (χ1n) is 8.14. The van der Waals surface area contributed by atoms with Crippen molar-refractivity contribution in [2.45, 2.75) is 25.3 Å². The fraction of sp³-hybridized carbons (Fsp3) is 0.353. The topological polar surface area (TPSA) is 62.5 Å². The maximum absolute atomic E-state index is 13.0. The molecule has 4 heterocycles. The minimum absolute atomic E-state index is 0.0233. The van der Waals surface area contributed by atoms with E-state index in [0.29, 0.717) is 5.56 Å². The van der Waals surface area contributed by atoms with Crippen molar-refractivity contribution < 1.29 is 4.79 Å². The second kappa shape index (κ2) is 6.24. The summed E-state index contributed by atoms with van der Waals surface area (Å²) in [6, 6.07) is 3.58. The number of piperidine rings is 1. The molecule has 1 amide bonds. The van der Waals surface area contributed by atoms with Gasteiger partial charge in [-0.1, -0.05) is 0 Å². The molecule has 3 aromatic heterocycles. The number of carbonyl (C=O) groups excluding carboxylic acids is 1. The van der Waals surface area contributed by atoms with Crippen LogP contribution in [0.3, 0.4) is 0 Å². The number of thiazole rings is 1. The van der Waals surface area contributed by atoms with Gasteiger partial charge in [0.2, 0.25) is 5.95 Å². The molecule has 7 heteroatoms. The zero-order valence-electron chi connectivity index (χ0n) is 13.5. The average Bonchev–Trinajstić information content (AvgIpc) is 3.24. The summed E-state index contributed by atoms with van der Waals surface area (Å²) >= 11 is 1.67. The highest BCUT2D eigenvalue weighted by atomic mass is 32.1. The van der Waals surface area contributed by atoms with Crippen molar-refractivity contribution in [3.63, 3.8) is 0 Å². The van der Waals surface area contributed by atoms with Crippen molar-refractivity contribution in [3.05, 3.63) is 47.4 Å². The van der Waals surface area contributed by atoms with Crippen LogP contribution in [0.25, 0.3) is 4.83 Å². The number of pyridine rings is 1. The van der Waals surface area contributed by atoms with Crippen molar-refractivity contribution in [1.29, 1.82) is 0 Å². The first kappa shape index (κ1) is 15.1. The number of anilines is 1. The summed E-state index contributed by atoms with van der Waals surface area (Å²) in [4.78, 5) is 24.8. The summed E-state index contributed by atoms with van der Waals surface area (Å²) in [5, 5.41) is 5.19. The quantitative estimate of drug-likeness (QED) is 0.795. The Morgan fingerprint density at radius 3 is 2.96 bits per heavy atom. The fourth-order valence-corrected chi connectivity index (χ4v) is 4.23. The lowest BCUT2D eigenvalue weighted by Crippen LogP contribution is -2.38. The molecule has 1 saturated heterocycles. The molecule has 24 heavy (non-hydrogen) atoms. The first-order chi connectivity index (χ1) is 11.8. The van der Waals surface area contributed by atoms with Gasteiger partial charge in [0, 0.05) is 43.1 Å². The predicted octanol–water partition coefficient (Wildman–Crippen LogP) is 3.20. The molecule has 0 aliphatic carbocycles. The smallest absolute Gasteiger partial charge is 0.254 e. The lowest BCUT2D eigenvalue weighted by Gasteiger charge is -2.35. The molecular formula is C17H19N5OS. The Bertz CT molecular complexity index is 856. The van der Waals surface area contributed by atoms with Gasteiger partial charge < -0.3 is 10.2 Å². The lowest BCUT2D eigenvalue weighted by molar-refractivity contribution is 0.0608. The normalized spacial score (nSPS) is 18.0. The Kier molecular flexibility index (Phi) is 3.93. The Balaban J connectivity index is 1.74. The number of nitrogens with zero attached hydrogens (tertiary/aromatic N) is 4. The monoisotopic (exact) mass is 341 g/mol. The van der Waals surface area contributed by atoms with Gasteiger partial charge in [-0.25, -0.2) is 4.98 Å². The van der Waals surface area contributed by atoms with Crippen LogP contribution in [0.4, 0.5) is 5.95 Å². The van der Waals surface area contributed by atoms with Crippen LogP contribution in [0, 0.1) is 0 Å². The molecule has 1 aliphatic rings. The number of amides is 1. The maximum atomic E-state index is 13.0. The molecular weight excluding hydrogens is 322 g/mol. The van der Waals surface area contributed by atoms with E-state index in [1.54, 1.807) is 35.9 Å². The highest BCUT2D eigenvalue weighted by Crippen LogP contribution is 2.36. The number of imidazole rings is 1. The minimum Gasteiger partial charge on any atom is -0.358 e. The third-order valence-electron chi connectivity index (χ3n) is 4.51. The summed E-state index contributed by atoms with van der Waals surface area (Å²) in [7, 11) is 1.87. The summed E-state index contributed by atoms with van der Waals surface area (Å²) in [5.74, 6) is 0.883. The van der Waals surface area contributed by atoms with Gasteiger partial charge >= 0.3 is 0 Å². The van der Waals surface area contributed by atoms with Crippen molar-refractivity contribution in [2.24, 2.45) is 0 Å². The third kappa shape index (κ3) is 2.45. The molecule has 0 bridgehead atoms. The van der Waals surface area contributed by atoms with Gasteiger partial charge in [0.15, 0.2) is 0 Å². The Morgan fingerprint density at radius 1 is 1.33 bits per heavy atom. The zero-order valence-corrected chi connectivity index (χ0v) is 14.3. The molecule has 1 atom stereocenters. The molecule has 1 fully saturated rings. The molecule has 1 N–H and O–H groups in total. The van der Waals surface area contributed by atoms with E-state index in [2.05, 4.69) is 20.1 Å². The van der Waals surface area contributed by atoms with Gasteiger partial charge in [-0.3, -0.25) is 14.2 Å². The molecule has 0 spiro atoms. The number of aromatic nitrogens is 3. The largest absolute Gasteiger partial charge is 0.358 e. The average molecular weight is 341 g/mol. The number of likely N-dealkylation sites (tertiary alicyclic amines) is 1. The van der Waals surface area contributed by atoms with Crippen LogP contribution in [-0.4, -0.2) is 38.8 Å². The highest BCUT2D eigenvalue weighted by Gasteiger charge is 2.32. The van der Waals surface area contributed by atoms with E-state index in [0.717, 1.165) is 42.3 Å². The van der Waals surface area contributed by atoms with E-state index >= 15 is 0 Å². The van der Waals surface area contributed by atoms with Gasteiger partial charge in [-0.2, -0.15) is 0 Å². The van der Waals surface area contributed by atoms with Crippen LogP contribution in [0.2, 0.25) is 0 Å². The summed E-state index contributed by atoms with van der Waals surface area (Å²) < 4.78 is 2.06. The van der Waals surface area contributed by atoms with Crippen molar-refractivity contribution in [3.8, 4) is 0 Å². The van der Waals surface area contributed by atoms with Crippen molar-refractivity contribution >= 4 is 28.0 Å². The van der Waals surface area contributed by atoms with Crippen LogP contribution in [0.1, 0.15) is 41.4 Å². The molecule has 124 valence electrons. The van der Waals surface area contributed by atoms with Gasteiger partial charge in [0.25, 0.3) is 5.91 Å². The highest BCUT2D eigenvalue weighted by molar-refractivity contribution is 7.15. The molecule has 0 radical (unpaired) electrons. The minimum atomic E-state index is 0.0233. The number of carbonyl (C=O) groups is 1. The summed E-state index contributed by atoms with van der Waals surface area (Å²) in [6.45, 7) is 0.769. The zero-order chi connectivity index (χ0) is 16.5. The van der Waals surface area contributed by atoms with Gasteiger partial charge in [0.1, 0.15) is 10.5 Å². The van der Waals surface area contributed by atoms with Crippen LogP contribution in [-0.2, 0) is 0 Å². The van der Waals surface area contributed by atoms with E-state index in [4.69, 9.17) is 4.98 Å². The Morgan fingerprint density at radius 2 is 2.17 bits per heavy atom. The number of nitrogens with one attached hydrogen (secondary N) is 1. The van der Waals surface area contributed by atoms with Crippen LogP contribution >= 0.6 is 11.3 Å². The van der Waals surface area contributed by atoms with Crippen molar-refractivity contribution in [1.82, 2.24) is 19.3 Å². The van der Waals surface area contributed by atoms with E-state index < -0.39 is 0 Å². The first-order valence-corrected chi connectivity index (χ1v) is 9.01. The standard InChI is InChI=1S/C17H19N5OS/c1-18-17-20-14(16-22(17)10-11-24-16)13-4-2-3-9-21(13)15(23)12-5-7-19-8-6-12/h5-8,10-11,13H,2-4,9H2,1H3,(H,18,20). The third-order valence-corrected chi connectivity index (χ3v) is 5.40. The van der Waals surface area contributed by atoms with E-state index in [1.807, 2.05) is 18.1 Å². The van der Waals surface area contributed by atoms with E-state index in [1.165, 1.54) is 0 Å². The Hall–Kier alpha value is -2.41. The van der Waals surface area contributed by atoms with Gasteiger partial charge in [0.05, 0.1) is 6.04 Å². The predicted molar refractivity (Wildman–Crippen MR) is 94.5 cm³/mol. The summed E-state index contributed by atoms with van der Waals surface area (Å²) in [5.41, 5.74) is 1.68.